The smallest absolute Gasteiger partial charge is 0.227 e. The highest BCUT2D eigenvalue weighted by atomic mass is 16.2. The van der Waals surface area contributed by atoms with Crippen LogP contribution in [0.4, 0.5) is 11.4 Å². The molecule has 4 nitrogen and oxygen atoms in total. The third-order valence-electron chi connectivity index (χ3n) is 4.31. The second kappa shape index (κ2) is 6.82. The third kappa shape index (κ3) is 3.52. The number of aromatic nitrogens is 1. The van der Waals surface area contributed by atoms with Crippen molar-refractivity contribution < 1.29 is 4.79 Å². The molecule has 0 saturated carbocycles. The highest BCUT2D eigenvalue weighted by Gasteiger charge is 2.26. The van der Waals surface area contributed by atoms with E-state index in [1.165, 1.54) is 0 Å². The molecule has 4 heteroatoms. The Hall–Kier alpha value is -2.36. The first-order valence-corrected chi connectivity index (χ1v) is 8.14. The zero-order valence-corrected chi connectivity index (χ0v) is 13.8. The first-order chi connectivity index (χ1) is 11.1. The minimum Gasteiger partial charge on any atom is -0.373 e. The van der Waals surface area contributed by atoms with E-state index in [1.54, 1.807) is 6.20 Å². The van der Waals surface area contributed by atoms with E-state index in [2.05, 4.69) is 29.9 Å². The summed E-state index contributed by atoms with van der Waals surface area (Å²) in [6.45, 7) is 3.93. The topological polar surface area (TPSA) is 36.4 Å². The number of benzene rings is 1. The van der Waals surface area contributed by atoms with Gasteiger partial charge in [0.2, 0.25) is 5.91 Å². The van der Waals surface area contributed by atoms with E-state index in [0.717, 1.165) is 36.4 Å². The molecule has 2 heterocycles. The van der Waals surface area contributed by atoms with Gasteiger partial charge in [0, 0.05) is 39.0 Å². The van der Waals surface area contributed by atoms with Gasteiger partial charge in [0.05, 0.1) is 11.4 Å². The quantitative estimate of drug-likeness (QED) is 0.874. The number of pyridine rings is 1. The largest absolute Gasteiger partial charge is 0.373 e. The number of nitrogens with zero attached hydrogens (tertiary/aromatic N) is 3. The number of aryl methyl sites for hydroxylation is 1. The second-order valence-corrected chi connectivity index (χ2v) is 6.34. The summed E-state index contributed by atoms with van der Waals surface area (Å²) >= 11 is 0. The molecule has 0 aliphatic carbocycles. The minimum atomic E-state index is 0.184. The van der Waals surface area contributed by atoms with Crippen LogP contribution in [0.1, 0.15) is 18.9 Å². The Bertz CT molecular complexity index is 671. The number of carbonyl (C=O) groups is 1. The molecule has 1 atom stereocenters. The standard InChI is InChI=1S/C19H23N3O/c1-15-13-21(2)17-7-3-4-8-18(17)22(14-15)19(23)10-9-16-6-5-11-20-12-16/h3-8,11-12,15H,9-10,13-14H2,1-2H3/t15-/m1/s1. The van der Waals surface area contributed by atoms with Gasteiger partial charge in [-0.15, -0.1) is 0 Å². The van der Waals surface area contributed by atoms with Crippen LogP contribution in [0.5, 0.6) is 0 Å². The Morgan fingerprint density at radius 2 is 1.96 bits per heavy atom. The van der Waals surface area contributed by atoms with Gasteiger partial charge >= 0.3 is 0 Å². The van der Waals surface area contributed by atoms with E-state index in [9.17, 15) is 4.79 Å². The molecule has 1 aromatic carbocycles. The number of amides is 1. The zero-order valence-electron chi connectivity index (χ0n) is 13.8. The van der Waals surface area contributed by atoms with E-state index in [1.807, 2.05) is 41.4 Å². The molecular formula is C19H23N3O. The summed E-state index contributed by atoms with van der Waals surface area (Å²) in [4.78, 5) is 21.1. The lowest BCUT2D eigenvalue weighted by atomic mass is 10.1. The number of rotatable bonds is 3. The van der Waals surface area contributed by atoms with Crippen molar-refractivity contribution >= 4 is 17.3 Å². The maximum Gasteiger partial charge on any atom is 0.227 e. The van der Waals surface area contributed by atoms with Crippen LogP contribution in [0.3, 0.4) is 0 Å². The molecule has 1 aliphatic rings. The Morgan fingerprint density at radius 3 is 2.70 bits per heavy atom. The summed E-state index contributed by atoms with van der Waals surface area (Å²) in [6, 6.07) is 12.1. The van der Waals surface area contributed by atoms with Crippen LogP contribution < -0.4 is 9.80 Å². The molecule has 23 heavy (non-hydrogen) atoms. The van der Waals surface area contributed by atoms with E-state index >= 15 is 0 Å². The van der Waals surface area contributed by atoms with Gasteiger partial charge < -0.3 is 9.80 Å². The highest BCUT2D eigenvalue weighted by molar-refractivity contribution is 5.97. The van der Waals surface area contributed by atoms with Crippen LogP contribution in [0.25, 0.3) is 0 Å². The van der Waals surface area contributed by atoms with E-state index < -0.39 is 0 Å². The predicted molar refractivity (Wildman–Crippen MR) is 93.8 cm³/mol. The zero-order chi connectivity index (χ0) is 16.2. The number of anilines is 2. The van der Waals surface area contributed by atoms with Crippen LogP contribution in [0, 0.1) is 5.92 Å². The summed E-state index contributed by atoms with van der Waals surface area (Å²) in [5, 5.41) is 0. The van der Waals surface area contributed by atoms with Crippen molar-refractivity contribution in [2.75, 3.05) is 29.9 Å². The van der Waals surface area contributed by atoms with Crippen LogP contribution in [0.2, 0.25) is 0 Å². The molecule has 0 N–H and O–H groups in total. The van der Waals surface area contributed by atoms with Gasteiger partial charge in [-0.3, -0.25) is 9.78 Å². The fourth-order valence-corrected chi connectivity index (χ4v) is 3.22. The SMILES string of the molecule is C[C@@H]1CN(C)c2ccccc2N(C(=O)CCc2cccnc2)C1. The Morgan fingerprint density at radius 1 is 1.17 bits per heavy atom. The molecule has 1 aromatic heterocycles. The molecule has 2 aromatic rings. The van der Waals surface area contributed by atoms with Crippen LogP contribution in [-0.4, -0.2) is 31.0 Å². The third-order valence-corrected chi connectivity index (χ3v) is 4.31. The number of carbonyl (C=O) groups excluding carboxylic acids is 1. The number of hydrogen-bond acceptors (Lipinski definition) is 3. The van der Waals surface area contributed by atoms with Gasteiger partial charge in [0.25, 0.3) is 0 Å². The average molecular weight is 309 g/mol. The number of fused-ring (bicyclic) bond motifs is 1. The molecule has 0 radical (unpaired) electrons. The lowest BCUT2D eigenvalue weighted by Crippen LogP contribution is -2.35. The molecule has 120 valence electrons. The fraction of sp³-hybridized carbons (Fsp3) is 0.368. The van der Waals surface area contributed by atoms with E-state index in [-0.39, 0.29) is 5.91 Å². The molecule has 3 rings (SSSR count). The second-order valence-electron chi connectivity index (χ2n) is 6.34. The van der Waals surface area contributed by atoms with Crippen molar-refractivity contribution in [1.29, 1.82) is 0 Å². The molecule has 0 fully saturated rings. The van der Waals surface area contributed by atoms with Gasteiger partial charge in [-0.25, -0.2) is 0 Å². The summed E-state index contributed by atoms with van der Waals surface area (Å²) in [7, 11) is 2.10. The Kier molecular flexibility index (Phi) is 4.60. The summed E-state index contributed by atoms with van der Waals surface area (Å²) in [5.74, 6) is 0.623. The van der Waals surface area contributed by atoms with Crippen molar-refractivity contribution in [3.05, 3.63) is 54.4 Å². The van der Waals surface area contributed by atoms with Crippen molar-refractivity contribution in [3.8, 4) is 0 Å². The molecule has 1 amide bonds. The van der Waals surface area contributed by atoms with Gasteiger partial charge in [-0.05, 0) is 36.1 Å². The number of hydrogen-bond donors (Lipinski definition) is 0. The molecule has 0 spiro atoms. The Labute approximate surface area is 137 Å². The summed E-state index contributed by atoms with van der Waals surface area (Å²) < 4.78 is 0. The lowest BCUT2D eigenvalue weighted by Gasteiger charge is -2.24. The van der Waals surface area contributed by atoms with Crippen molar-refractivity contribution in [2.24, 2.45) is 5.92 Å². The molecule has 0 saturated heterocycles. The Balaban J connectivity index is 1.79. The first-order valence-electron chi connectivity index (χ1n) is 8.14. The monoisotopic (exact) mass is 309 g/mol. The molecule has 0 bridgehead atoms. The predicted octanol–water partition coefficient (Wildman–Crippen LogP) is 3.13. The van der Waals surface area contributed by atoms with Crippen molar-refractivity contribution in [1.82, 2.24) is 4.98 Å². The van der Waals surface area contributed by atoms with Gasteiger partial charge in [-0.2, -0.15) is 0 Å². The van der Waals surface area contributed by atoms with E-state index in [0.29, 0.717) is 12.3 Å². The number of para-hydroxylation sites is 2. The lowest BCUT2D eigenvalue weighted by molar-refractivity contribution is -0.118. The maximum absolute atomic E-state index is 12.8. The molecular weight excluding hydrogens is 286 g/mol. The fourth-order valence-electron chi connectivity index (χ4n) is 3.22. The summed E-state index contributed by atoms with van der Waals surface area (Å²) in [5.41, 5.74) is 3.26. The normalized spacial score (nSPS) is 17.6. The van der Waals surface area contributed by atoms with Crippen LogP contribution >= 0.6 is 0 Å². The van der Waals surface area contributed by atoms with Crippen molar-refractivity contribution in [3.63, 3.8) is 0 Å². The maximum atomic E-state index is 12.8. The molecule has 0 unspecified atom stereocenters. The van der Waals surface area contributed by atoms with E-state index in [4.69, 9.17) is 0 Å². The first kappa shape index (κ1) is 15.5. The van der Waals surface area contributed by atoms with Gasteiger partial charge in [0.15, 0.2) is 0 Å². The van der Waals surface area contributed by atoms with Gasteiger partial charge in [-0.1, -0.05) is 25.1 Å². The van der Waals surface area contributed by atoms with Crippen molar-refractivity contribution in [2.45, 2.75) is 19.8 Å². The summed E-state index contributed by atoms with van der Waals surface area (Å²) in [6.07, 6.45) is 4.83. The van der Waals surface area contributed by atoms with Crippen LogP contribution in [0.15, 0.2) is 48.8 Å². The van der Waals surface area contributed by atoms with Crippen LogP contribution in [-0.2, 0) is 11.2 Å². The minimum absolute atomic E-state index is 0.184. The molecule has 1 aliphatic heterocycles. The average Bonchev–Trinajstić information content (AvgIpc) is 2.70. The highest BCUT2D eigenvalue weighted by Crippen LogP contribution is 2.33. The van der Waals surface area contributed by atoms with Gasteiger partial charge in [0.1, 0.15) is 0 Å².